The number of hydrogen-bond acceptors (Lipinski definition) is 3. The van der Waals surface area contributed by atoms with Crippen LogP contribution in [0.1, 0.15) is 0 Å². The van der Waals surface area contributed by atoms with Crippen molar-refractivity contribution < 1.29 is 15.4 Å². The molecule has 0 radical (unpaired) electrons. The molecule has 30 valence electrons. The predicted molar refractivity (Wildman–Crippen MR) is 21.6 cm³/mol. The van der Waals surface area contributed by atoms with E-state index in [-0.39, 0.29) is 59.5 Å². The molecule has 0 saturated carbocycles. The van der Waals surface area contributed by atoms with Crippen LogP contribution in [0.3, 0.4) is 0 Å². The molecule has 0 spiro atoms. The molecular weight excluding hydrogens is 127 g/mol. The summed E-state index contributed by atoms with van der Waals surface area (Å²) in [6.45, 7) is 0. The summed E-state index contributed by atoms with van der Waals surface area (Å²) >= 11 is 0.154. The summed E-state index contributed by atoms with van der Waals surface area (Å²) in [5.41, 5.74) is 0. The van der Waals surface area contributed by atoms with Gasteiger partial charge in [0.25, 0.3) is 16.3 Å². The average Bonchev–Trinajstić information content (AvgIpc) is 0.811. The zero-order valence-corrected chi connectivity index (χ0v) is 7.68. The minimum Gasteiger partial charge on any atom is -0.870 e. The SMILES string of the molecule is O=[C]([O-])[AlH2].[Ca+2].[OH-]. The van der Waals surface area contributed by atoms with Crippen LogP contribution in [0.5, 0.6) is 0 Å². The Balaban J connectivity index is -0.0000000450. The van der Waals surface area contributed by atoms with Crippen molar-refractivity contribution >= 4 is 58.9 Å². The fourth-order valence-electron chi connectivity index (χ4n) is 0. The molecule has 0 aliphatic carbocycles. The number of hydrogen-bond donors (Lipinski definition) is 0. The zero-order chi connectivity index (χ0) is 3.58. The van der Waals surface area contributed by atoms with Crippen molar-refractivity contribution in [3.05, 3.63) is 0 Å². The third-order valence-electron chi connectivity index (χ3n) is 0. The van der Waals surface area contributed by atoms with Gasteiger partial charge in [-0.2, -0.15) is 0 Å². The first-order valence-electron chi connectivity index (χ1n) is 0.908. The van der Waals surface area contributed by atoms with Gasteiger partial charge >= 0.3 is 37.7 Å². The first-order chi connectivity index (χ1) is 1.73. The van der Waals surface area contributed by atoms with Gasteiger partial charge in [-0.1, -0.05) is 0 Å². The van der Waals surface area contributed by atoms with Crippen LogP contribution in [0.2, 0.25) is 0 Å². The molecule has 0 aromatic heterocycles. The molecule has 0 atom stereocenters. The Morgan fingerprint density at radius 2 is 1.67 bits per heavy atom. The Morgan fingerprint density at radius 3 is 1.67 bits per heavy atom. The van der Waals surface area contributed by atoms with Crippen molar-refractivity contribution in [2.75, 3.05) is 0 Å². The van der Waals surface area contributed by atoms with Gasteiger partial charge in [-0.05, 0) is 4.83 Å². The van der Waals surface area contributed by atoms with Crippen LogP contribution < -0.4 is 5.11 Å². The largest absolute Gasteiger partial charge is 2.00 e. The topological polar surface area (TPSA) is 70.1 Å². The summed E-state index contributed by atoms with van der Waals surface area (Å²) in [6.07, 6.45) is 0. The van der Waals surface area contributed by atoms with E-state index in [1.807, 2.05) is 0 Å². The molecule has 6 heavy (non-hydrogen) atoms. The van der Waals surface area contributed by atoms with E-state index in [4.69, 9.17) is 9.90 Å². The molecular formula is CH3AlCaO3. The van der Waals surface area contributed by atoms with Crippen LogP contribution >= 0.6 is 0 Å². The third kappa shape index (κ3) is 62.3. The van der Waals surface area contributed by atoms with Crippen molar-refractivity contribution in [2.45, 2.75) is 0 Å². The summed E-state index contributed by atoms with van der Waals surface area (Å²) < 4.78 is 0. The summed E-state index contributed by atoms with van der Waals surface area (Å²) in [4.78, 5) is 8.01. The summed E-state index contributed by atoms with van der Waals surface area (Å²) in [5.74, 6) is 0. The van der Waals surface area contributed by atoms with E-state index in [2.05, 4.69) is 0 Å². The minimum absolute atomic E-state index is 0. The maximum atomic E-state index is 8.95. The van der Waals surface area contributed by atoms with Crippen LogP contribution in [0.25, 0.3) is 0 Å². The average molecular weight is 130 g/mol. The normalized spacial score (nSPS) is 4.00. The molecule has 0 fully saturated rings. The van der Waals surface area contributed by atoms with E-state index in [9.17, 15) is 0 Å². The van der Waals surface area contributed by atoms with Crippen molar-refractivity contribution in [1.29, 1.82) is 0 Å². The molecule has 0 unspecified atom stereocenters. The fourth-order valence-corrected chi connectivity index (χ4v) is 0. The maximum absolute atomic E-state index is 8.95. The van der Waals surface area contributed by atoms with Crippen molar-refractivity contribution in [3.8, 4) is 0 Å². The minimum atomic E-state index is -0.944. The van der Waals surface area contributed by atoms with Gasteiger partial charge in [0.2, 0.25) is 0 Å². The Kier molecular flexibility index (Phi) is 24.9. The summed E-state index contributed by atoms with van der Waals surface area (Å²) in [7, 11) is 0. The predicted octanol–water partition coefficient (Wildman–Crippen LogP) is -2.59. The van der Waals surface area contributed by atoms with Crippen molar-refractivity contribution in [1.82, 2.24) is 0 Å². The second-order valence-corrected chi connectivity index (χ2v) is 1.31. The zero-order valence-electron chi connectivity index (χ0n) is 3.47. The second kappa shape index (κ2) is 9.52. The van der Waals surface area contributed by atoms with Crippen LogP contribution in [0, 0.1) is 0 Å². The molecule has 0 aliphatic rings. The Hall–Kier alpha value is 1.22. The van der Waals surface area contributed by atoms with Gasteiger partial charge in [0.15, 0.2) is 0 Å². The molecule has 0 heterocycles. The Morgan fingerprint density at radius 1 is 1.67 bits per heavy atom. The molecule has 0 amide bonds. The van der Waals surface area contributed by atoms with E-state index in [1.54, 1.807) is 0 Å². The van der Waals surface area contributed by atoms with Crippen LogP contribution in [0.15, 0.2) is 0 Å². The summed E-state index contributed by atoms with van der Waals surface area (Å²) in [6, 6.07) is 0. The van der Waals surface area contributed by atoms with E-state index >= 15 is 0 Å². The monoisotopic (exact) mass is 130 g/mol. The van der Waals surface area contributed by atoms with Gasteiger partial charge in [0.05, 0.1) is 0 Å². The van der Waals surface area contributed by atoms with Gasteiger partial charge in [0.1, 0.15) is 0 Å². The van der Waals surface area contributed by atoms with Gasteiger partial charge in [-0.3, -0.25) is 0 Å². The van der Waals surface area contributed by atoms with E-state index in [1.165, 1.54) is 0 Å². The van der Waals surface area contributed by atoms with Crippen molar-refractivity contribution in [3.63, 3.8) is 0 Å². The van der Waals surface area contributed by atoms with E-state index in [0.717, 1.165) is 0 Å². The van der Waals surface area contributed by atoms with E-state index in [0.29, 0.717) is 0 Å². The smallest absolute Gasteiger partial charge is 0.870 e. The molecule has 0 bridgehead atoms. The molecule has 0 aromatic rings. The number of carboxylic acid groups (broad SMARTS) is 1. The van der Waals surface area contributed by atoms with Gasteiger partial charge < -0.3 is 15.4 Å². The van der Waals surface area contributed by atoms with Gasteiger partial charge in [-0.15, -0.1) is 0 Å². The number of carbonyl (C=O) groups excluding carboxylic acids is 1. The molecule has 3 nitrogen and oxygen atoms in total. The van der Waals surface area contributed by atoms with E-state index < -0.39 is 4.83 Å². The molecule has 0 rings (SSSR count). The quantitative estimate of drug-likeness (QED) is 0.338. The maximum Gasteiger partial charge on any atom is 2.00 e. The molecule has 0 saturated heterocycles. The van der Waals surface area contributed by atoms with Crippen LogP contribution in [-0.2, 0) is 0 Å². The standard InChI is InChI=1S/CO2.Al.Ca.H2O.2H/c2-1-3;;;;;/h;;;1H2;;/q-1;;+2;;;/p-1. The third-order valence-corrected chi connectivity index (χ3v) is 0. The molecule has 5 heteroatoms. The summed E-state index contributed by atoms with van der Waals surface area (Å²) in [5, 5.41) is 8.95. The van der Waals surface area contributed by atoms with Gasteiger partial charge in [-0.25, -0.2) is 0 Å². The number of carbonyl (C=O) groups is 1. The molecule has 0 aliphatic heterocycles. The second-order valence-electron chi connectivity index (χ2n) is 0.492. The number of rotatable bonds is 0. The molecule has 0 aromatic carbocycles. The first kappa shape index (κ1) is 15.7. The Labute approximate surface area is 73.5 Å². The van der Waals surface area contributed by atoms with Crippen molar-refractivity contribution in [2.24, 2.45) is 0 Å². The molecule has 1 N–H and O–H groups in total. The van der Waals surface area contributed by atoms with Crippen LogP contribution in [0.4, 0.5) is 4.79 Å². The fraction of sp³-hybridized carbons (Fsp3) is 0. The van der Waals surface area contributed by atoms with Crippen LogP contribution in [-0.4, -0.2) is 64.3 Å². The Bertz CT molecular complexity index is 33.8. The van der Waals surface area contributed by atoms with Gasteiger partial charge in [0, 0.05) is 0 Å². The first-order valence-corrected chi connectivity index (χ1v) is 1.91.